The normalized spacial score (nSPS) is 29.7. The minimum absolute atomic E-state index is 0.0861. The van der Waals surface area contributed by atoms with Crippen LogP contribution in [0.1, 0.15) is 26.3 Å². The number of aliphatic imine (C=N–C) groups is 1. The van der Waals surface area contributed by atoms with Crippen molar-refractivity contribution in [3.05, 3.63) is 33.1 Å². The van der Waals surface area contributed by atoms with Gasteiger partial charge in [0, 0.05) is 9.13 Å². The molecule has 1 aromatic rings. The van der Waals surface area contributed by atoms with E-state index in [9.17, 15) is 13.4 Å². The van der Waals surface area contributed by atoms with E-state index in [1.165, 1.54) is 19.9 Å². The van der Waals surface area contributed by atoms with Crippen LogP contribution in [0.15, 0.2) is 23.2 Å². The maximum atomic E-state index is 14.3. The van der Waals surface area contributed by atoms with Crippen LogP contribution in [0.2, 0.25) is 0 Å². The van der Waals surface area contributed by atoms with Crippen molar-refractivity contribution < 1.29 is 18.5 Å². The van der Waals surface area contributed by atoms with Crippen LogP contribution in [0.3, 0.4) is 0 Å². The van der Waals surface area contributed by atoms with E-state index < -0.39 is 31.9 Å². The molecule has 1 aliphatic rings. The fourth-order valence-corrected chi connectivity index (χ4v) is 4.75. The third kappa shape index (κ3) is 3.21. The minimum atomic E-state index is -3.27. The van der Waals surface area contributed by atoms with E-state index in [0.29, 0.717) is 0 Å². The van der Waals surface area contributed by atoms with Crippen molar-refractivity contribution in [3.8, 4) is 0 Å². The van der Waals surface area contributed by atoms with Crippen molar-refractivity contribution in [2.45, 2.75) is 31.1 Å². The molecule has 1 amide bonds. The molecular formula is C14H17FIN3O3S. The molecule has 0 bridgehead atoms. The lowest BCUT2D eigenvalue weighted by Gasteiger charge is -2.40. The van der Waals surface area contributed by atoms with Gasteiger partial charge in [0.05, 0.1) is 15.5 Å². The van der Waals surface area contributed by atoms with Gasteiger partial charge in [0.1, 0.15) is 21.9 Å². The number of hydrogen-bond donors (Lipinski definition) is 3. The van der Waals surface area contributed by atoms with E-state index in [-0.39, 0.29) is 17.2 Å². The second kappa shape index (κ2) is 5.69. The molecule has 0 unspecified atom stereocenters. The summed E-state index contributed by atoms with van der Waals surface area (Å²) in [7, 11) is -3.27. The van der Waals surface area contributed by atoms with Crippen LogP contribution < -0.4 is 5.32 Å². The van der Waals surface area contributed by atoms with Gasteiger partial charge >= 0.3 is 6.09 Å². The standard InChI is InChI=1S/C14H17FIN3O3S/c1-13(2)11(18-12(20)21)19-14(3,7-23(13,17)22)9-6-8(16)4-5-10(9)15/h4-6,17H,7H2,1-3H3,(H,18,19)(H,20,21)/t14-,23+/m0/s1. The molecule has 2 rings (SSSR count). The number of benzene rings is 1. The summed E-state index contributed by atoms with van der Waals surface area (Å²) in [5.74, 6) is -0.798. The Bertz CT molecular complexity index is 807. The van der Waals surface area contributed by atoms with Gasteiger partial charge in [0.15, 0.2) is 0 Å². The molecule has 0 radical (unpaired) electrons. The minimum Gasteiger partial charge on any atom is -0.465 e. The van der Waals surface area contributed by atoms with E-state index in [4.69, 9.17) is 9.89 Å². The highest BCUT2D eigenvalue weighted by molar-refractivity contribution is 14.1. The number of rotatable bonds is 1. The van der Waals surface area contributed by atoms with Crippen LogP contribution in [-0.4, -0.2) is 31.7 Å². The summed E-state index contributed by atoms with van der Waals surface area (Å²) >= 11 is 2.02. The summed E-state index contributed by atoms with van der Waals surface area (Å²) < 4.78 is 34.9. The maximum absolute atomic E-state index is 14.3. The molecule has 2 atom stereocenters. The molecule has 0 aliphatic carbocycles. The topological polar surface area (TPSA) is 103 Å². The maximum Gasteiger partial charge on any atom is 0.410 e. The summed E-state index contributed by atoms with van der Waals surface area (Å²) in [5.41, 5.74) is -1.08. The largest absolute Gasteiger partial charge is 0.465 e. The summed E-state index contributed by atoms with van der Waals surface area (Å²) in [6.07, 6.45) is -1.36. The first-order chi connectivity index (χ1) is 10.4. The Hall–Kier alpha value is -1.23. The molecule has 3 N–H and O–H groups in total. The Kier molecular flexibility index (Phi) is 4.48. The van der Waals surface area contributed by atoms with Crippen LogP contribution >= 0.6 is 22.6 Å². The number of carboxylic acid groups (broad SMARTS) is 1. The SMILES string of the molecule is CC1(C)C(NC(=O)O)=N[C@](C)(c2cc(I)ccc2F)C[S@@]1(=N)=O. The van der Waals surface area contributed by atoms with Gasteiger partial charge in [-0.25, -0.2) is 13.4 Å². The van der Waals surface area contributed by atoms with E-state index in [1.54, 1.807) is 19.1 Å². The van der Waals surface area contributed by atoms with Crippen molar-refractivity contribution in [1.82, 2.24) is 5.32 Å². The number of nitrogens with zero attached hydrogens (tertiary/aromatic N) is 1. The third-order valence-electron chi connectivity index (χ3n) is 3.97. The Balaban J connectivity index is 2.71. The molecule has 126 valence electrons. The highest BCUT2D eigenvalue weighted by Gasteiger charge is 2.48. The second-order valence-electron chi connectivity index (χ2n) is 6.12. The van der Waals surface area contributed by atoms with E-state index in [1.807, 2.05) is 22.6 Å². The zero-order valence-corrected chi connectivity index (χ0v) is 15.8. The summed E-state index contributed by atoms with van der Waals surface area (Å²) in [6, 6.07) is 4.45. The fraction of sp³-hybridized carbons (Fsp3) is 0.429. The van der Waals surface area contributed by atoms with Gasteiger partial charge in [-0.1, -0.05) is 0 Å². The third-order valence-corrected chi connectivity index (χ3v) is 7.45. The van der Waals surface area contributed by atoms with E-state index >= 15 is 0 Å². The average molecular weight is 453 g/mol. The highest BCUT2D eigenvalue weighted by Crippen LogP contribution is 2.38. The lowest BCUT2D eigenvalue weighted by molar-refractivity contribution is 0.199. The van der Waals surface area contributed by atoms with Gasteiger partial charge < -0.3 is 5.11 Å². The smallest absolute Gasteiger partial charge is 0.410 e. The van der Waals surface area contributed by atoms with Gasteiger partial charge in [-0.2, -0.15) is 0 Å². The van der Waals surface area contributed by atoms with Crippen LogP contribution in [-0.2, 0) is 15.3 Å². The zero-order chi connectivity index (χ0) is 17.6. The molecule has 9 heteroatoms. The molecule has 0 saturated heterocycles. The van der Waals surface area contributed by atoms with Gasteiger partial charge in [-0.05, 0) is 61.6 Å². The molecule has 6 nitrogen and oxygen atoms in total. The Morgan fingerprint density at radius 2 is 2.09 bits per heavy atom. The zero-order valence-electron chi connectivity index (χ0n) is 12.8. The highest BCUT2D eigenvalue weighted by atomic mass is 127. The molecule has 0 saturated carbocycles. The predicted molar refractivity (Wildman–Crippen MR) is 94.9 cm³/mol. The lowest BCUT2D eigenvalue weighted by atomic mass is 9.93. The van der Waals surface area contributed by atoms with Crippen LogP contribution in [0.5, 0.6) is 0 Å². The van der Waals surface area contributed by atoms with Crippen molar-refractivity contribution in [2.24, 2.45) is 4.99 Å². The average Bonchev–Trinajstić information content (AvgIpc) is 2.38. The van der Waals surface area contributed by atoms with Crippen molar-refractivity contribution in [2.75, 3.05) is 5.75 Å². The Morgan fingerprint density at radius 1 is 1.48 bits per heavy atom. The number of nitrogens with one attached hydrogen (secondary N) is 2. The molecular weight excluding hydrogens is 436 g/mol. The number of carbonyl (C=O) groups is 1. The number of halogens is 2. The first-order valence-corrected chi connectivity index (χ1v) is 9.51. The number of hydrogen-bond acceptors (Lipinski definition) is 4. The second-order valence-corrected chi connectivity index (χ2v) is 10.0. The van der Waals surface area contributed by atoms with Crippen molar-refractivity contribution >= 4 is 44.2 Å². The van der Waals surface area contributed by atoms with Gasteiger partial charge in [-0.15, -0.1) is 0 Å². The molecule has 1 heterocycles. The van der Waals surface area contributed by atoms with Crippen LogP contribution in [0.25, 0.3) is 0 Å². The first-order valence-electron chi connectivity index (χ1n) is 6.71. The molecule has 1 aliphatic heterocycles. The molecule has 0 fully saturated rings. The summed E-state index contributed by atoms with van der Waals surface area (Å²) in [5, 5.41) is 11.1. The Labute approximate surface area is 147 Å². The quantitative estimate of drug-likeness (QED) is 0.570. The van der Waals surface area contributed by atoms with Gasteiger partial charge in [-0.3, -0.25) is 15.1 Å². The summed E-state index contributed by atoms with van der Waals surface area (Å²) in [4.78, 5) is 15.4. The van der Waals surface area contributed by atoms with Crippen molar-refractivity contribution in [3.63, 3.8) is 0 Å². The van der Waals surface area contributed by atoms with Gasteiger partial charge in [0.25, 0.3) is 0 Å². The van der Waals surface area contributed by atoms with Gasteiger partial charge in [0.2, 0.25) is 0 Å². The van der Waals surface area contributed by atoms with E-state index in [2.05, 4.69) is 10.3 Å². The molecule has 0 aromatic heterocycles. The summed E-state index contributed by atoms with van der Waals surface area (Å²) in [6.45, 7) is 4.57. The fourth-order valence-electron chi connectivity index (χ4n) is 2.47. The monoisotopic (exact) mass is 453 g/mol. The molecule has 0 spiro atoms. The number of amides is 1. The van der Waals surface area contributed by atoms with Crippen LogP contribution in [0, 0.1) is 14.2 Å². The van der Waals surface area contributed by atoms with Crippen molar-refractivity contribution in [1.29, 1.82) is 4.78 Å². The molecule has 23 heavy (non-hydrogen) atoms. The number of amidine groups is 1. The van der Waals surface area contributed by atoms with E-state index in [0.717, 1.165) is 3.57 Å². The lowest BCUT2D eigenvalue weighted by Crippen LogP contribution is -2.57. The first kappa shape index (κ1) is 18.1. The van der Waals surface area contributed by atoms with Crippen LogP contribution in [0.4, 0.5) is 9.18 Å². The molecule has 1 aromatic carbocycles. The predicted octanol–water partition coefficient (Wildman–Crippen LogP) is 3.15. The Morgan fingerprint density at radius 3 is 2.65 bits per heavy atom.